The van der Waals surface area contributed by atoms with E-state index in [9.17, 15) is 4.79 Å². The molecule has 1 saturated heterocycles. The highest BCUT2D eigenvalue weighted by Crippen LogP contribution is 2.33. The summed E-state index contributed by atoms with van der Waals surface area (Å²) >= 11 is 4.90. The molecule has 146 valence electrons. The molecular formula is C23H19BrN2O2S. The molecule has 6 heteroatoms. The molecule has 0 radical (unpaired) electrons. The fourth-order valence-electron chi connectivity index (χ4n) is 2.97. The van der Waals surface area contributed by atoms with Gasteiger partial charge in [-0.1, -0.05) is 34.1 Å². The van der Waals surface area contributed by atoms with E-state index in [4.69, 9.17) is 4.42 Å². The minimum absolute atomic E-state index is 0.173. The van der Waals surface area contributed by atoms with Gasteiger partial charge in [0.25, 0.3) is 5.91 Å². The molecule has 2 aromatic carbocycles. The summed E-state index contributed by atoms with van der Waals surface area (Å²) in [5.41, 5.74) is 5.28. The number of carbonyl (C=O) groups excluding carboxylic acids is 1. The van der Waals surface area contributed by atoms with Crippen molar-refractivity contribution in [3.05, 3.63) is 80.4 Å². The van der Waals surface area contributed by atoms with Crippen LogP contribution in [-0.2, 0) is 4.79 Å². The van der Waals surface area contributed by atoms with Crippen LogP contribution in [0, 0.1) is 20.8 Å². The molecule has 3 aromatic rings. The highest BCUT2D eigenvalue weighted by atomic mass is 79.9. The highest BCUT2D eigenvalue weighted by Gasteiger charge is 2.24. The van der Waals surface area contributed by atoms with Crippen LogP contribution in [0.3, 0.4) is 0 Å². The lowest BCUT2D eigenvalue weighted by molar-refractivity contribution is -0.115. The SMILES string of the molecule is Cc1ccc(-c2ccc(/C=C3\SC(=Nc4cccc(C)c4C)NC3=O)o2)c(Br)c1. The predicted molar refractivity (Wildman–Crippen MR) is 123 cm³/mol. The van der Waals surface area contributed by atoms with Crippen LogP contribution in [-0.4, -0.2) is 11.1 Å². The Morgan fingerprint density at radius 1 is 1.10 bits per heavy atom. The van der Waals surface area contributed by atoms with Crippen molar-refractivity contribution in [1.29, 1.82) is 0 Å². The lowest BCUT2D eigenvalue weighted by Gasteiger charge is -2.04. The molecule has 0 atom stereocenters. The first-order chi connectivity index (χ1) is 13.9. The van der Waals surface area contributed by atoms with Crippen molar-refractivity contribution in [2.24, 2.45) is 4.99 Å². The van der Waals surface area contributed by atoms with E-state index in [1.807, 2.05) is 69.3 Å². The first kappa shape index (κ1) is 19.7. The zero-order valence-corrected chi connectivity index (χ0v) is 18.6. The summed E-state index contributed by atoms with van der Waals surface area (Å²) in [6, 6.07) is 15.8. The molecule has 1 aliphatic heterocycles. The van der Waals surface area contributed by atoms with Crippen LogP contribution in [0.2, 0.25) is 0 Å². The van der Waals surface area contributed by atoms with E-state index >= 15 is 0 Å². The van der Waals surface area contributed by atoms with Crippen LogP contribution in [0.1, 0.15) is 22.5 Å². The van der Waals surface area contributed by atoms with E-state index in [2.05, 4.69) is 26.2 Å². The van der Waals surface area contributed by atoms with E-state index in [0.29, 0.717) is 15.8 Å². The van der Waals surface area contributed by atoms with Gasteiger partial charge in [0.15, 0.2) is 5.17 Å². The number of carbonyl (C=O) groups is 1. The number of rotatable bonds is 3. The van der Waals surface area contributed by atoms with Crippen molar-refractivity contribution in [1.82, 2.24) is 5.32 Å². The fraction of sp³-hybridized carbons (Fsp3) is 0.130. The Morgan fingerprint density at radius 2 is 1.93 bits per heavy atom. The Morgan fingerprint density at radius 3 is 2.72 bits per heavy atom. The van der Waals surface area contributed by atoms with Gasteiger partial charge in [0.05, 0.1) is 10.6 Å². The Labute approximate surface area is 182 Å². The summed E-state index contributed by atoms with van der Waals surface area (Å²) in [7, 11) is 0. The number of nitrogens with zero attached hydrogens (tertiary/aromatic N) is 1. The van der Waals surface area contributed by atoms with E-state index in [1.54, 1.807) is 6.08 Å². The molecule has 1 aliphatic rings. The van der Waals surface area contributed by atoms with E-state index in [0.717, 1.165) is 27.0 Å². The minimum atomic E-state index is -0.173. The number of amides is 1. The molecule has 1 N–H and O–H groups in total. The van der Waals surface area contributed by atoms with Crippen LogP contribution in [0.5, 0.6) is 0 Å². The molecule has 1 fully saturated rings. The van der Waals surface area contributed by atoms with Gasteiger partial charge in [0.2, 0.25) is 0 Å². The zero-order chi connectivity index (χ0) is 20.5. The fourth-order valence-corrected chi connectivity index (χ4v) is 4.47. The third-order valence-electron chi connectivity index (χ3n) is 4.74. The van der Waals surface area contributed by atoms with Crippen molar-refractivity contribution >= 4 is 50.5 Å². The van der Waals surface area contributed by atoms with Crippen molar-refractivity contribution in [3.8, 4) is 11.3 Å². The highest BCUT2D eigenvalue weighted by molar-refractivity contribution is 9.10. The Kier molecular flexibility index (Phi) is 5.48. The predicted octanol–water partition coefficient (Wildman–Crippen LogP) is 6.53. The molecule has 0 aliphatic carbocycles. The average Bonchev–Trinajstić information content (AvgIpc) is 3.26. The summed E-state index contributed by atoms with van der Waals surface area (Å²) in [5.74, 6) is 1.20. The van der Waals surface area contributed by atoms with Gasteiger partial charge in [0, 0.05) is 16.1 Å². The molecule has 4 nitrogen and oxygen atoms in total. The summed E-state index contributed by atoms with van der Waals surface area (Å²) in [5, 5.41) is 3.40. The lowest BCUT2D eigenvalue weighted by Crippen LogP contribution is -2.19. The van der Waals surface area contributed by atoms with Gasteiger partial charge in [0.1, 0.15) is 11.5 Å². The van der Waals surface area contributed by atoms with Gasteiger partial charge in [-0.2, -0.15) is 0 Å². The average molecular weight is 467 g/mol. The monoisotopic (exact) mass is 466 g/mol. The van der Waals surface area contributed by atoms with Crippen molar-refractivity contribution < 1.29 is 9.21 Å². The third-order valence-corrected chi connectivity index (χ3v) is 6.31. The van der Waals surface area contributed by atoms with E-state index in [1.165, 1.54) is 22.9 Å². The number of nitrogens with one attached hydrogen (secondary N) is 1. The number of aliphatic imine (C=N–C) groups is 1. The van der Waals surface area contributed by atoms with E-state index < -0.39 is 0 Å². The van der Waals surface area contributed by atoms with E-state index in [-0.39, 0.29) is 5.91 Å². The van der Waals surface area contributed by atoms with Gasteiger partial charge < -0.3 is 9.73 Å². The molecule has 0 bridgehead atoms. The number of benzene rings is 2. The van der Waals surface area contributed by atoms with Gasteiger partial charge in [-0.25, -0.2) is 4.99 Å². The molecule has 0 unspecified atom stereocenters. The zero-order valence-electron chi connectivity index (χ0n) is 16.2. The Bertz CT molecular complexity index is 1180. The smallest absolute Gasteiger partial charge is 0.264 e. The molecule has 4 rings (SSSR count). The first-order valence-electron chi connectivity index (χ1n) is 9.13. The molecule has 2 heterocycles. The number of furan rings is 1. The molecule has 29 heavy (non-hydrogen) atoms. The van der Waals surface area contributed by atoms with Crippen LogP contribution < -0.4 is 5.32 Å². The maximum Gasteiger partial charge on any atom is 0.264 e. The minimum Gasteiger partial charge on any atom is -0.457 e. The van der Waals surface area contributed by atoms with Gasteiger partial charge in [-0.3, -0.25) is 4.79 Å². The number of amidine groups is 1. The van der Waals surface area contributed by atoms with Gasteiger partial charge >= 0.3 is 0 Å². The Balaban J connectivity index is 1.58. The number of hydrogen-bond acceptors (Lipinski definition) is 4. The first-order valence-corrected chi connectivity index (χ1v) is 10.7. The maximum absolute atomic E-state index is 12.4. The van der Waals surface area contributed by atoms with Gasteiger partial charge in [-0.15, -0.1) is 0 Å². The molecular weight excluding hydrogens is 448 g/mol. The second kappa shape index (κ2) is 8.05. The summed E-state index contributed by atoms with van der Waals surface area (Å²) in [6.45, 7) is 6.12. The molecule has 1 aromatic heterocycles. The largest absolute Gasteiger partial charge is 0.457 e. The second-order valence-electron chi connectivity index (χ2n) is 6.89. The topological polar surface area (TPSA) is 54.6 Å². The number of thioether (sulfide) groups is 1. The summed E-state index contributed by atoms with van der Waals surface area (Å²) in [4.78, 5) is 17.5. The second-order valence-corrected chi connectivity index (χ2v) is 8.77. The van der Waals surface area contributed by atoms with Crippen LogP contribution in [0.4, 0.5) is 5.69 Å². The van der Waals surface area contributed by atoms with Gasteiger partial charge in [-0.05, 0) is 79.6 Å². The third kappa shape index (κ3) is 4.23. The van der Waals surface area contributed by atoms with Crippen LogP contribution in [0.25, 0.3) is 17.4 Å². The van der Waals surface area contributed by atoms with Crippen LogP contribution >= 0.6 is 27.7 Å². The number of hydrogen-bond donors (Lipinski definition) is 1. The molecule has 0 spiro atoms. The maximum atomic E-state index is 12.4. The number of aryl methyl sites for hydroxylation is 2. The normalized spacial score (nSPS) is 16.6. The van der Waals surface area contributed by atoms with Crippen molar-refractivity contribution in [3.63, 3.8) is 0 Å². The Hall–Kier alpha value is -2.57. The summed E-state index contributed by atoms with van der Waals surface area (Å²) in [6.07, 6.45) is 1.75. The number of halogens is 1. The quantitative estimate of drug-likeness (QED) is 0.446. The lowest BCUT2D eigenvalue weighted by atomic mass is 10.1. The standard InChI is InChI=1S/C23H19BrN2O2S/c1-13-7-9-17(18(24)11-13)20-10-8-16(28-20)12-21-22(27)26-23(29-21)25-19-6-4-5-14(2)15(19)3/h4-12H,1-3H3,(H,25,26,27)/b21-12-. The summed E-state index contributed by atoms with van der Waals surface area (Å²) < 4.78 is 6.92. The van der Waals surface area contributed by atoms with Crippen molar-refractivity contribution in [2.45, 2.75) is 20.8 Å². The molecule has 0 saturated carbocycles. The van der Waals surface area contributed by atoms with Crippen LogP contribution in [0.15, 0.2) is 67.3 Å². The molecule has 1 amide bonds. The van der Waals surface area contributed by atoms with Crippen molar-refractivity contribution in [2.75, 3.05) is 0 Å².